The summed E-state index contributed by atoms with van der Waals surface area (Å²) < 4.78 is 0.808. The Labute approximate surface area is 133 Å². The summed E-state index contributed by atoms with van der Waals surface area (Å²) in [7, 11) is 0. The number of hydrogen-bond acceptors (Lipinski definition) is 2. The molecule has 110 valence electrons. The molecule has 1 amide bonds. The summed E-state index contributed by atoms with van der Waals surface area (Å²) in [6, 6.07) is 15.3. The van der Waals surface area contributed by atoms with E-state index in [1.54, 1.807) is 6.07 Å². The summed E-state index contributed by atoms with van der Waals surface area (Å²) in [6.07, 6.45) is 0. The van der Waals surface area contributed by atoms with Crippen molar-refractivity contribution >= 4 is 21.8 Å². The lowest BCUT2D eigenvalue weighted by molar-refractivity contribution is 0.0947. The first-order valence-electron chi connectivity index (χ1n) is 6.82. The van der Waals surface area contributed by atoms with E-state index in [2.05, 4.69) is 21.2 Å². The van der Waals surface area contributed by atoms with Gasteiger partial charge in [0.1, 0.15) is 0 Å². The molecule has 0 saturated heterocycles. The molecule has 0 fully saturated rings. The van der Waals surface area contributed by atoms with E-state index in [1.165, 1.54) is 0 Å². The van der Waals surface area contributed by atoms with Gasteiger partial charge in [-0.05, 0) is 40.0 Å². The number of benzene rings is 2. The molecule has 2 aromatic carbocycles. The highest BCUT2D eigenvalue weighted by Crippen LogP contribution is 2.21. The van der Waals surface area contributed by atoms with Gasteiger partial charge < -0.3 is 10.4 Å². The third-order valence-corrected chi connectivity index (χ3v) is 4.49. The molecule has 0 aliphatic rings. The molecule has 0 saturated carbocycles. The Bertz CT molecular complexity index is 613. The molecule has 1 atom stereocenters. The fourth-order valence-corrected chi connectivity index (χ4v) is 2.59. The van der Waals surface area contributed by atoms with Crippen LogP contribution < -0.4 is 5.32 Å². The first-order chi connectivity index (χ1) is 10.1. The third kappa shape index (κ3) is 3.93. The number of nitrogens with one attached hydrogen (secondary N) is 1. The zero-order valence-electron chi connectivity index (χ0n) is 11.8. The van der Waals surface area contributed by atoms with Crippen molar-refractivity contribution in [2.45, 2.75) is 12.8 Å². The van der Waals surface area contributed by atoms with E-state index in [4.69, 9.17) is 0 Å². The van der Waals surface area contributed by atoms with Crippen molar-refractivity contribution in [3.63, 3.8) is 0 Å². The number of carbonyl (C=O) groups excluding carboxylic acids is 1. The molecule has 0 bridgehead atoms. The zero-order chi connectivity index (χ0) is 15.2. The molecule has 21 heavy (non-hydrogen) atoms. The monoisotopic (exact) mass is 347 g/mol. The summed E-state index contributed by atoms with van der Waals surface area (Å²) in [6.45, 7) is 2.35. The second kappa shape index (κ2) is 7.38. The quantitative estimate of drug-likeness (QED) is 0.871. The molecular formula is C17H18BrNO2. The Balaban J connectivity index is 2.05. The van der Waals surface area contributed by atoms with E-state index < -0.39 is 0 Å². The van der Waals surface area contributed by atoms with Crippen LogP contribution in [0.2, 0.25) is 0 Å². The lowest BCUT2D eigenvalue weighted by atomic mass is 10.00. The van der Waals surface area contributed by atoms with E-state index in [-0.39, 0.29) is 18.4 Å². The van der Waals surface area contributed by atoms with Crippen molar-refractivity contribution in [2.75, 3.05) is 13.2 Å². The Morgan fingerprint density at radius 1 is 1.19 bits per heavy atom. The molecule has 3 nitrogen and oxygen atoms in total. The topological polar surface area (TPSA) is 49.3 Å². The molecule has 1 unspecified atom stereocenters. The number of aryl methyl sites for hydroxylation is 1. The van der Waals surface area contributed by atoms with Gasteiger partial charge in [0.2, 0.25) is 0 Å². The lowest BCUT2D eigenvalue weighted by Gasteiger charge is -2.16. The standard InChI is InChI=1S/C17H18BrNO2/c1-12-6-5-9-15(16(12)18)17(21)19-10-14(11-20)13-7-3-2-4-8-13/h2-9,14,20H,10-11H2,1H3,(H,19,21). The predicted molar refractivity (Wildman–Crippen MR) is 87.5 cm³/mol. The Morgan fingerprint density at radius 3 is 2.57 bits per heavy atom. The molecule has 0 spiro atoms. The van der Waals surface area contributed by atoms with Gasteiger partial charge in [-0.1, -0.05) is 42.5 Å². The fraction of sp³-hybridized carbons (Fsp3) is 0.235. The first-order valence-corrected chi connectivity index (χ1v) is 7.62. The van der Waals surface area contributed by atoms with Gasteiger partial charge in [-0.2, -0.15) is 0 Å². The minimum Gasteiger partial charge on any atom is -0.396 e. The molecule has 0 aliphatic heterocycles. The minimum atomic E-state index is -0.139. The van der Waals surface area contributed by atoms with Crippen LogP contribution in [0.1, 0.15) is 27.4 Å². The van der Waals surface area contributed by atoms with Gasteiger partial charge in [-0.25, -0.2) is 0 Å². The average molecular weight is 348 g/mol. The highest BCUT2D eigenvalue weighted by Gasteiger charge is 2.15. The van der Waals surface area contributed by atoms with Crippen molar-refractivity contribution in [1.82, 2.24) is 5.32 Å². The normalized spacial score (nSPS) is 12.0. The van der Waals surface area contributed by atoms with Crippen LogP contribution in [0.3, 0.4) is 0 Å². The first kappa shape index (κ1) is 15.7. The summed E-state index contributed by atoms with van der Waals surface area (Å²) >= 11 is 3.44. The van der Waals surface area contributed by atoms with Crippen LogP contribution >= 0.6 is 15.9 Å². The largest absolute Gasteiger partial charge is 0.396 e. The maximum absolute atomic E-state index is 12.2. The highest BCUT2D eigenvalue weighted by atomic mass is 79.9. The van der Waals surface area contributed by atoms with E-state index in [0.29, 0.717) is 12.1 Å². The van der Waals surface area contributed by atoms with Crippen LogP contribution in [0.25, 0.3) is 0 Å². The molecule has 2 rings (SSSR count). The van der Waals surface area contributed by atoms with Gasteiger partial charge in [0.15, 0.2) is 0 Å². The molecule has 0 aliphatic carbocycles. The molecule has 2 aromatic rings. The van der Waals surface area contributed by atoms with Crippen LogP contribution in [0.15, 0.2) is 53.0 Å². The summed E-state index contributed by atoms with van der Waals surface area (Å²) in [4.78, 5) is 12.2. The SMILES string of the molecule is Cc1cccc(C(=O)NCC(CO)c2ccccc2)c1Br. The third-order valence-electron chi connectivity index (χ3n) is 3.44. The van der Waals surface area contributed by atoms with E-state index >= 15 is 0 Å². The van der Waals surface area contributed by atoms with Gasteiger partial charge >= 0.3 is 0 Å². The number of amides is 1. The van der Waals surface area contributed by atoms with Crippen molar-refractivity contribution in [2.24, 2.45) is 0 Å². The number of carbonyl (C=O) groups is 1. The second-order valence-electron chi connectivity index (χ2n) is 4.94. The highest BCUT2D eigenvalue weighted by molar-refractivity contribution is 9.10. The van der Waals surface area contributed by atoms with Crippen LogP contribution in [0.5, 0.6) is 0 Å². The van der Waals surface area contributed by atoms with E-state index in [9.17, 15) is 9.90 Å². The molecular weight excluding hydrogens is 330 g/mol. The van der Waals surface area contributed by atoms with Gasteiger partial charge in [-0.15, -0.1) is 0 Å². The molecule has 2 N–H and O–H groups in total. The van der Waals surface area contributed by atoms with Gasteiger partial charge in [0.05, 0.1) is 12.2 Å². The summed E-state index contributed by atoms with van der Waals surface area (Å²) in [5.74, 6) is -0.237. The van der Waals surface area contributed by atoms with Crippen LogP contribution in [0.4, 0.5) is 0 Å². The van der Waals surface area contributed by atoms with Crippen LogP contribution in [-0.4, -0.2) is 24.2 Å². The van der Waals surface area contributed by atoms with Crippen molar-refractivity contribution in [1.29, 1.82) is 0 Å². The average Bonchev–Trinajstić information content (AvgIpc) is 2.51. The maximum atomic E-state index is 12.2. The van der Waals surface area contributed by atoms with Gasteiger partial charge in [0, 0.05) is 16.9 Å². The van der Waals surface area contributed by atoms with E-state index in [0.717, 1.165) is 15.6 Å². The summed E-state index contributed by atoms with van der Waals surface area (Å²) in [5, 5.41) is 12.4. The zero-order valence-corrected chi connectivity index (χ0v) is 13.4. The minimum absolute atomic E-state index is 0.000714. The molecule has 0 aromatic heterocycles. The van der Waals surface area contributed by atoms with Crippen molar-refractivity contribution < 1.29 is 9.90 Å². The van der Waals surface area contributed by atoms with Gasteiger partial charge in [0.25, 0.3) is 5.91 Å². The molecule has 0 heterocycles. The molecule has 0 radical (unpaired) electrons. The number of aliphatic hydroxyl groups is 1. The summed E-state index contributed by atoms with van der Waals surface area (Å²) in [5.41, 5.74) is 2.65. The van der Waals surface area contributed by atoms with Crippen LogP contribution in [-0.2, 0) is 0 Å². The maximum Gasteiger partial charge on any atom is 0.252 e. The lowest BCUT2D eigenvalue weighted by Crippen LogP contribution is -2.30. The van der Waals surface area contributed by atoms with Crippen molar-refractivity contribution in [3.8, 4) is 0 Å². The fourth-order valence-electron chi connectivity index (χ4n) is 2.15. The number of rotatable bonds is 5. The molecule has 4 heteroatoms. The van der Waals surface area contributed by atoms with Crippen molar-refractivity contribution in [3.05, 3.63) is 69.7 Å². The van der Waals surface area contributed by atoms with E-state index in [1.807, 2.05) is 49.4 Å². The Morgan fingerprint density at radius 2 is 1.90 bits per heavy atom. The van der Waals surface area contributed by atoms with Crippen LogP contribution in [0, 0.1) is 6.92 Å². The smallest absolute Gasteiger partial charge is 0.252 e. The number of aliphatic hydroxyl groups excluding tert-OH is 1. The number of hydrogen-bond donors (Lipinski definition) is 2. The number of halogens is 1. The predicted octanol–water partition coefficient (Wildman–Crippen LogP) is 3.26. The Kier molecular flexibility index (Phi) is 5.53. The Hall–Kier alpha value is -1.65. The second-order valence-corrected chi connectivity index (χ2v) is 5.73. The van der Waals surface area contributed by atoms with Gasteiger partial charge in [-0.3, -0.25) is 4.79 Å².